The summed E-state index contributed by atoms with van der Waals surface area (Å²) < 4.78 is 37.5. The van der Waals surface area contributed by atoms with E-state index < -0.39 is 17.8 Å². The van der Waals surface area contributed by atoms with Crippen molar-refractivity contribution in [3.05, 3.63) is 65.2 Å². The number of thioether (sulfide) groups is 1. The third kappa shape index (κ3) is 6.07. The van der Waals surface area contributed by atoms with Crippen LogP contribution >= 0.6 is 11.8 Å². The Bertz CT molecular complexity index is 715. The number of hydrogen-bond donors (Lipinski definition) is 2. The predicted octanol–water partition coefficient (Wildman–Crippen LogP) is 4.21. The molecule has 0 heterocycles. The molecule has 1 unspecified atom stereocenters. The van der Waals surface area contributed by atoms with Gasteiger partial charge in [0.15, 0.2) is 0 Å². The zero-order chi connectivity index (χ0) is 19.2. The number of hydrogen-bond acceptors (Lipinski definition) is 3. The summed E-state index contributed by atoms with van der Waals surface area (Å²) in [4.78, 5) is 13.0. The number of benzene rings is 2. The number of aliphatic hydroxyl groups is 1. The molecule has 0 fully saturated rings. The van der Waals surface area contributed by atoms with Crippen molar-refractivity contribution in [1.82, 2.24) is 5.32 Å². The van der Waals surface area contributed by atoms with Crippen LogP contribution in [0.3, 0.4) is 0 Å². The molecule has 0 saturated carbocycles. The van der Waals surface area contributed by atoms with Crippen LogP contribution in [0.1, 0.15) is 29.2 Å². The lowest BCUT2D eigenvalue weighted by Gasteiger charge is -2.13. The molecule has 7 heteroatoms. The minimum Gasteiger partial charge on any atom is -0.387 e. The van der Waals surface area contributed by atoms with Crippen LogP contribution in [0.2, 0.25) is 0 Å². The van der Waals surface area contributed by atoms with Crippen molar-refractivity contribution >= 4 is 17.7 Å². The molecule has 0 spiro atoms. The molecule has 0 aliphatic carbocycles. The van der Waals surface area contributed by atoms with Gasteiger partial charge in [-0.2, -0.15) is 13.2 Å². The molecule has 3 nitrogen and oxygen atoms in total. The van der Waals surface area contributed by atoms with Gasteiger partial charge in [0.05, 0.1) is 11.7 Å². The average Bonchev–Trinajstić information content (AvgIpc) is 2.64. The van der Waals surface area contributed by atoms with E-state index in [-0.39, 0.29) is 18.9 Å². The van der Waals surface area contributed by atoms with Crippen molar-refractivity contribution in [3.8, 4) is 0 Å². The summed E-state index contributed by atoms with van der Waals surface area (Å²) in [7, 11) is 0. The van der Waals surface area contributed by atoms with E-state index >= 15 is 0 Å². The van der Waals surface area contributed by atoms with E-state index in [2.05, 4.69) is 5.32 Å². The van der Waals surface area contributed by atoms with Crippen LogP contribution in [0.15, 0.2) is 53.4 Å². The molecule has 0 bridgehead atoms. The molecule has 0 saturated heterocycles. The van der Waals surface area contributed by atoms with Crippen LogP contribution in [0.4, 0.5) is 13.2 Å². The lowest BCUT2D eigenvalue weighted by Crippen LogP contribution is -2.28. The Morgan fingerprint density at radius 3 is 2.27 bits per heavy atom. The number of aliphatic hydroxyl groups excluding tert-OH is 1. The fourth-order valence-electron chi connectivity index (χ4n) is 2.36. The quantitative estimate of drug-likeness (QED) is 0.704. The lowest BCUT2D eigenvalue weighted by atomic mass is 10.1. The highest BCUT2D eigenvalue weighted by atomic mass is 32.2. The number of amides is 1. The summed E-state index contributed by atoms with van der Waals surface area (Å²) in [5, 5.41) is 12.7. The monoisotopic (exact) mass is 383 g/mol. The summed E-state index contributed by atoms with van der Waals surface area (Å²) >= 11 is 1.60. The number of aryl methyl sites for hydroxylation is 1. The van der Waals surface area contributed by atoms with Crippen LogP contribution in [0.5, 0.6) is 0 Å². The van der Waals surface area contributed by atoms with Gasteiger partial charge in [0.1, 0.15) is 0 Å². The lowest BCUT2D eigenvalue weighted by molar-refractivity contribution is -0.137. The van der Waals surface area contributed by atoms with Crippen molar-refractivity contribution in [2.45, 2.75) is 30.0 Å². The number of alkyl halides is 3. The highest BCUT2D eigenvalue weighted by Crippen LogP contribution is 2.29. The molecule has 26 heavy (non-hydrogen) atoms. The van der Waals surface area contributed by atoms with Crippen LogP contribution in [-0.4, -0.2) is 23.8 Å². The molecule has 140 valence electrons. The molecule has 0 aliphatic heterocycles. The smallest absolute Gasteiger partial charge is 0.387 e. The summed E-state index contributed by atoms with van der Waals surface area (Å²) in [6.45, 7) is 0.0878. The van der Waals surface area contributed by atoms with Gasteiger partial charge in [0.25, 0.3) is 0 Å². The second-order valence-corrected chi connectivity index (χ2v) is 6.67. The van der Waals surface area contributed by atoms with E-state index in [4.69, 9.17) is 0 Å². The van der Waals surface area contributed by atoms with Crippen LogP contribution in [-0.2, 0) is 17.4 Å². The van der Waals surface area contributed by atoms with Gasteiger partial charge in [-0.1, -0.05) is 24.3 Å². The van der Waals surface area contributed by atoms with Gasteiger partial charge < -0.3 is 10.4 Å². The first-order valence-electron chi connectivity index (χ1n) is 8.04. The molecule has 2 aromatic rings. The summed E-state index contributed by atoms with van der Waals surface area (Å²) in [5.74, 6) is -0.260. The van der Waals surface area contributed by atoms with E-state index in [1.54, 1.807) is 11.8 Å². The molecule has 1 amide bonds. The van der Waals surface area contributed by atoms with E-state index in [0.29, 0.717) is 17.5 Å². The van der Waals surface area contributed by atoms with Gasteiger partial charge in [-0.3, -0.25) is 4.79 Å². The molecule has 2 aromatic carbocycles. The minimum atomic E-state index is -4.36. The molecular formula is C19H20F3NO2S. The average molecular weight is 383 g/mol. The topological polar surface area (TPSA) is 49.3 Å². The zero-order valence-corrected chi connectivity index (χ0v) is 15.0. The van der Waals surface area contributed by atoms with E-state index in [9.17, 15) is 23.1 Å². The van der Waals surface area contributed by atoms with Gasteiger partial charge in [0, 0.05) is 17.9 Å². The maximum absolute atomic E-state index is 12.5. The Hall–Kier alpha value is -1.99. The second kappa shape index (κ2) is 9.09. The number of halogens is 3. The van der Waals surface area contributed by atoms with E-state index in [1.165, 1.54) is 12.1 Å². The van der Waals surface area contributed by atoms with Crippen LogP contribution in [0.25, 0.3) is 0 Å². The molecular weight excluding hydrogens is 363 g/mol. The Kier molecular flexibility index (Phi) is 7.11. The Morgan fingerprint density at radius 2 is 1.73 bits per heavy atom. The van der Waals surface area contributed by atoms with E-state index in [0.717, 1.165) is 17.0 Å². The number of rotatable bonds is 7. The fraction of sp³-hybridized carbons (Fsp3) is 0.316. The van der Waals surface area contributed by atoms with Crippen LogP contribution in [0, 0.1) is 0 Å². The molecule has 0 aromatic heterocycles. The summed E-state index contributed by atoms with van der Waals surface area (Å²) in [5.41, 5.74) is 0.661. The van der Waals surface area contributed by atoms with Gasteiger partial charge in [0.2, 0.25) is 5.91 Å². The normalized spacial score (nSPS) is 12.7. The molecule has 2 rings (SSSR count). The summed E-state index contributed by atoms with van der Waals surface area (Å²) in [6, 6.07) is 12.2. The largest absolute Gasteiger partial charge is 0.416 e. The van der Waals surface area contributed by atoms with Crippen molar-refractivity contribution in [1.29, 1.82) is 0 Å². The van der Waals surface area contributed by atoms with Gasteiger partial charge in [-0.25, -0.2) is 0 Å². The standard InChI is InChI=1S/C19H20F3NO2S/c1-26-16-9-5-14(6-10-16)17(24)12-23-18(25)11-4-13-2-7-15(8-3-13)19(20,21)22/h2-3,5-10,17,24H,4,11-12H2,1H3,(H,23,25). The highest BCUT2D eigenvalue weighted by molar-refractivity contribution is 7.98. The summed E-state index contributed by atoms with van der Waals surface area (Å²) in [6.07, 6.45) is -2.73. The third-order valence-electron chi connectivity index (χ3n) is 3.92. The zero-order valence-electron chi connectivity index (χ0n) is 14.2. The van der Waals surface area contributed by atoms with Gasteiger partial charge in [-0.05, 0) is 48.1 Å². The fourth-order valence-corrected chi connectivity index (χ4v) is 2.77. The highest BCUT2D eigenvalue weighted by Gasteiger charge is 2.29. The molecule has 2 N–H and O–H groups in total. The first kappa shape index (κ1) is 20.3. The number of carbonyl (C=O) groups is 1. The number of nitrogens with one attached hydrogen (secondary N) is 1. The Balaban J connectivity index is 1.77. The maximum Gasteiger partial charge on any atom is 0.416 e. The number of carbonyl (C=O) groups excluding carboxylic acids is 1. The maximum atomic E-state index is 12.5. The predicted molar refractivity (Wildman–Crippen MR) is 96.0 cm³/mol. The van der Waals surface area contributed by atoms with Crippen molar-refractivity contribution < 1.29 is 23.1 Å². The van der Waals surface area contributed by atoms with E-state index in [1.807, 2.05) is 30.5 Å². The van der Waals surface area contributed by atoms with Crippen LogP contribution < -0.4 is 5.32 Å². The van der Waals surface area contributed by atoms with Crippen molar-refractivity contribution in [3.63, 3.8) is 0 Å². The van der Waals surface area contributed by atoms with Crippen molar-refractivity contribution in [2.75, 3.05) is 12.8 Å². The van der Waals surface area contributed by atoms with Crippen molar-refractivity contribution in [2.24, 2.45) is 0 Å². The molecule has 0 aliphatic rings. The van der Waals surface area contributed by atoms with Gasteiger partial charge >= 0.3 is 6.18 Å². The minimum absolute atomic E-state index is 0.0878. The first-order chi connectivity index (χ1) is 12.3. The first-order valence-corrected chi connectivity index (χ1v) is 9.27. The SMILES string of the molecule is CSc1ccc(C(O)CNC(=O)CCc2ccc(C(F)(F)F)cc2)cc1. The Labute approximate surface area is 154 Å². The molecule has 0 radical (unpaired) electrons. The molecule has 1 atom stereocenters. The second-order valence-electron chi connectivity index (χ2n) is 5.79. The Morgan fingerprint density at radius 1 is 1.12 bits per heavy atom. The third-order valence-corrected chi connectivity index (χ3v) is 4.66. The van der Waals surface area contributed by atoms with Gasteiger partial charge in [-0.15, -0.1) is 11.8 Å².